The number of carbonyl (C=O) groups is 2. The van der Waals surface area contributed by atoms with Crippen LogP contribution in [-0.4, -0.2) is 28.0 Å². The van der Waals surface area contributed by atoms with Crippen LogP contribution in [0.25, 0.3) is 10.9 Å². The van der Waals surface area contributed by atoms with Crippen LogP contribution in [0.3, 0.4) is 0 Å². The lowest BCUT2D eigenvalue weighted by Gasteiger charge is -2.21. The van der Waals surface area contributed by atoms with Crippen molar-refractivity contribution >= 4 is 28.7 Å². The molecule has 0 saturated heterocycles. The van der Waals surface area contributed by atoms with Crippen molar-refractivity contribution in [3.05, 3.63) is 59.3 Å². The lowest BCUT2D eigenvalue weighted by atomic mass is 9.85. The second-order valence-corrected chi connectivity index (χ2v) is 9.58. The summed E-state index contributed by atoms with van der Waals surface area (Å²) in [7, 11) is 0. The van der Waals surface area contributed by atoms with E-state index in [4.69, 9.17) is 4.74 Å². The zero-order valence-corrected chi connectivity index (χ0v) is 19.2. The molecule has 7 heteroatoms. The summed E-state index contributed by atoms with van der Waals surface area (Å²) in [5, 5.41) is 10.8. The number of aromatic nitrogens is 2. The second-order valence-electron chi connectivity index (χ2n) is 9.58. The van der Waals surface area contributed by atoms with Crippen LogP contribution >= 0.6 is 0 Å². The van der Waals surface area contributed by atoms with Gasteiger partial charge in [0.15, 0.2) is 0 Å². The summed E-state index contributed by atoms with van der Waals surface area (Å²) in [6.45, 7) is 10.2. The number of hydrogen-bond donors (Lipinski definition) is 2. The van der Waals surface area contributed by atoms with E-state index in [1.54, 1.807) is 38.2 Å². The molecule has 4 rings (SSSR count). The molecule has 0 radical (unpaired) electrons. The molecule has 0 bridgehead atoms. The third-order valence-corrected chi connectivity index (χ3v) is 5.76. The van der Waals surface area contributed by atoms with Crippen LogP contribution in [0.2, 0.25) is 0 Å². The smallest absolute Gasteiger partial charge is 0.435 e. The first-order valence-electron chi connectivity index (χ1n) is 11.0. The largest absolute Gasteiger partial charge is 0.445 e. The number of fused-ring (bicyclic) bond motifs is 2. The summed E-state index contributed by atoms with van der Waals surface area (Å²) in [5.41, 5.74) is 5.05. The van der Waals surface area contributed by atoms with Gasteiger partial charge in [-0.15, -0.1) is 0 Å². The number of benzene rings is 2. The van der Waals surface area contributed by atoms with Crippen molar-refractivity contribution in [2.75, 3.05) is 5.32 Å². The second kappa shape index (κ2) is 8.30. The molecule has 0 saturated carbocycles. The first-order valence-corrected chi connectivity index (χ1v) is 11.0. The molecule has 7 nitrogen and oxygen atoms in total. The standard InChI is InChI=1S/C25H30N4O3/c1-15(2)32-24(31)29-22-8-6-7-20(19(22)14-26-29)27-23(30)28-21-12-9-16-13-17(25(3,4)5)10-11-18(16)21/h6-8,10-11,13-15,21H,9,12H2,1-5H3,(H2,27,28,30). The third-order valence-electron chi connectivity index (χ3n) is 5.76. The number of nitrogens with zero attached hydrogens (tertiary/aromatic N) is 2. The number of urea groups is 1. The number of rotatable bonds is 3. The van der Waals surface area contributed by atoms with Crippen molar-refractivity contribution in [3.63, 3.8) is 0 Å². The Hall–Kier alpha value is -3.35. The minimum absolute atomic E-state index is 0.0260. The zero-order valence-electron chi connectivity index (χ0n) is 19.2. The van der Waals surface area contributed by atoms with E-state index in [0.717, 1.165) is 12.8 Å². The van der Waals surface area contributed by atoms with Gasteiger partial charge in [0.05, 0.1) is 29.5 Å². The molecule has 1 aliphatic carbocycles. The lowest BCUT2D eigenvalue weighted by molar-refractivity contribution is 0.115. The predicted molar refractivity (Wildman–Crippen MR) is 125 cm³/mol. The van der Waals surface area contributed by atoms with Crippen LogP contribution in [0, 0.1) is 0 Å². The Morgan fingerprint density at radius 1 is 1.19 bits per heavy atom. The van der Waals surface area contributed by atoms with Gasteiger partial charge in [0.25, 0.3) is 0 Å². The summed E-state index contributed by atoms with van der Waals surface area (Å²) < 4.78 is 6.44. The maximum Gasteiger partial charge on any atom is 0.435 e. The van der Waals surface area contributed by atoms with Gasteiger partial charge in [0, 0.05) is 5.39 Å². The van der Waals surface area contributed by atoms with Crippen LogP contribution in [0.15, 0.2) is 42.6 Å². The van der Waals surface area contributed by atoms with E-state index >= 15 is 0 Å². The zero-order chi connectivity index (χ0) is 23.0. The highest BCUT2D eigenvalue weighted by Crippen LogP contribution is 2.34. The van der Waals surface area contributed by atoms with Gasteiger partial charge in [-0.05, 0) is 60.9 Å². The SMILES string of the molecule is CC(C)OC(=O)n1ncc2c(NC(=O)NC3CCc4cc(C(C)(C)C)ccc43)cccc21. The van der Waals surface area contributed by atoms with Gasteiger partial charge < -0.3 is 15.4 Å². The molecule has 1 atom stereocenters. The van der Waals surface area contributed by atoms with Gasteiger partial charge in [-0.1, -0.05) is 45.0 Å². The molecular weight excluding hydrogens is 404 g/mol. The van der Waals surface area contributed by atoms with Crippen molar-refractivity contribution < 1.29 is 14.3 Å². The van der Waals surface area contributed by atoms with E-state index in [0.29, 0.717) is 16.6 Å². The first kappa shape index (κ1) is 21.9. The van der Waals surface area contributed by atoms with Crippen LogP contribution in [-0.2, 0) is 16.6 Å². The molecule has 0 spiro atoms. The fourth-order valence-corrected chi connectivity index (χ4v) is 4.11. The molecule has 2 aromatic carbocycles. The van der Waals surface area contributed by atoms with Gasteiger partial charge in [-0.3, -0.25) is 0 Å². The number of ether oxygens (including phenoxy) is 1. The van der Waals surface area contributed by atoms with E-state index in [1.807, 2.05) is 0 Å². The Kier molecular flexibility index (Phi) is 5.67. The van der Waals surface area contributed by atoms with Gasteiger partial charge in [-0.25, -0.2) is 9.59 Å². The normalized spacial score (nSPS) is 15.6. The van der Waals surface area contributed by atoms with Crippen molar-refractivity contribution in [2.24, 2.45) is 0 Å². The highest BCUT2D eigenvalue weighted by molar-refractivity contribution is 6.02. The summed E-state index contributed by atoms with van der Waals surface area (Å²) in [6, 6.07) is 11.6. The maximum atomic E-state index is 12.8. The van der Waals surface area contributed by atoms with Crippen LogP contribution in [0.4, 0.5) is 15.3 Å². The summed E-state index contributed by atoms with van der Waals surface area (Å²) >= 11 is 0. The Balaban J connectivity index is 1.49. The van der Waals surface area contributed by atoms with E-state index in [1.165, 1.54) is 21.4 Å². The highest BCUT2D eigenvalue weighted by atomic mass is 16.6. The maximum absolute atomic E-state index is 12.8. The van der Waals surface area contributed by atoms with Gasteiger partial charge in [0.1, 0.15) is 0 Å². The number of nitrogens with one attached hydrogen (secondary N) is 2. The molecular formula is C25H30N4O3. The average Bonchev–Trinajstić information content (AvgIpc) is 3.31. The molecule has 2 amide bonds. The van der Waals surface area contributed by atoms with Crippen molar-refractivity contribution in [3.8, 4) is 0 Å². The Morgan fingerprint density at radius 2 is 1.97 bits per heavy atom. The fraction of sp³-hybridized carbons (Fsp3) is 0.400. The highest BCUT2D eigenvalue weighted by Gasteiger charge is 2.26. The molecule has 0 fully saturated rings. The summed E-state index contributed by atoms with van der Waals surface area (Å²) in [6.07, 6.45) is 2.59. The van der Waals surface area contributed by atoms with E-state index in [-0.39, 0.29) is 23.6 Å². The number of carbonyl (C=O) groups excluding carboxylic acids is 2. The topological polar surface area (TPSA) is 85.2 Å². The van der Waals surface area contributed by atoms with E-state index in [2.05, 4.69) is 54.7 Å². The third kappa shape index (κ3) is 4.33. The monoisotopic (exact) mass is 434 g/mol. The van der Waals surface area contributed by atoms with Crippen molar-refractivity contribution in [1.29, 1.82) is 0 Å². The van der Waals surface area contributed by atoms with Crippen LogP contribution in [0.5, 0.6) is 0 Å². The minimum Gasteiger partial charge on any atom is -0.445 e. The van der Waals surface area contributed by atoms with Crippen molar-refractivity contribution in [1.82, 2.24) is 15.1 Å². The molecule has 0 aliphatic heterocycles. The Bertz CT molecular complexity index is 1170. The molecule has 32 heavy (non-hydrogen) atoms. The molecule has 3 aromatic rings. The first-order chi connectivity index (χ1) is 15.1. The van der Waals surface area contributed by atoms with Crippen LogP contribution in [0.1, 0.15) is 63.8 Å². The number of aryl methyl sites for hydroxylation is 1. The lowest BCUT2D eigenvalue weighted by Crippen LogP contribution is -2.31. The van der Waals surface area contributed by atoms with E-state index in [9.17, 15) is 9.59 Å². The fourth-order valence-electron chi connectivity index (χ4n) is 4.11. The van der Waals surface area contributed by atoms with Crippen LogP contribution < -0.4 is 10.6 Å². The molecule has 2 N–H and O–H groups in total. The Morgan fingerprint density at radius 3 is 2.69 bits per heavy atom. The van der Waals surface area contributed by atoms with E-state index < -0.39 is 6.09 Å². The number of amides is 2. The number of hydrogen-bond acceptors (Lipinski definition) is 4. The van der Waals surface area contributed by atoms with Gasteiger partial charge in [-0.2, -0.15) is 9.78 Å². The summed E-state index contributed by atoms with van der Waals surface area (Å²) in [4.78, 5) is 25.1. The molecule has 1 unspecified atom stereocenters. The summed E-state index contributed by atoms with van der Waals surface area (Å²) in [5.74, 6) is 0. The van der Waals surface area contributed by atoms with Crippen molar-refractivity contribution in [2.45, 2.75) is 65.0 Å². The van der Waals surface area contributed by atoms with Gasteiger partial charge in [0.2, 0.25) is 0 Å². The molecule has 1 aromatic heterocycles. The Labute approximate surface area is 188 Å². The predicted octanol–water partition coefficient (Wildman–Crippen LogP) is 5.54. The van der Waals surface area contributed by atoms with Gasteiger partial charge >= 0.3 is 12.1 Å². The molecule has 1 aliphatic rings. The minimum atomic E-state index is -0.547. The molecule has 168 valence electrons. The molecule has 1 heterocycles. The number of anilines is 1. The quantitative estimate of drug-likeness (QED) is 0.567. The average molecular weight is 435 g/mol.